The van der Waals surface area contributed by atoms with E-state index in [4.69, 9.17) is 0 Å². The number of aryl methyl sites for hydroxylation is 1. The Morgan fingerprint density at radius 1 is 1.22 bits per heavy atom. The molecule has 1 aromatic heterocycles. The molecule has 0 saturated heterocycles. The van der Waals surface area contributed by atoms with Crippen molar-refractivity contribution in [2.45, 2.75) is 64.8 Å². The number of fused-ring (bicyclic) bond motifs is 1. The zero-order valence-electron chi connectivity index (χ0n) is 11.5. The molecular formula is C16H23NO. The number of carbonyl (C=O) groups excluding carboxylic acids is 1. The lowest BCUT2D eigenvalue weighted by Gasteiger charge is -2.26. The predicted molar refractivity (Wildman–Crippen MR) is 73.1 cm³/mol. The molecule has 1 fully saturated rings. The Morgan fingerprint density at radius 3 is 2.67 bits per heavy atom. The Bertz CT molecular complexity index is 466. The van der Waals surface area contributed by atoms with Crippen molar-refractivity contribution in [2.75, 3.05) is 0 Å². The van der Waals surface area contributed by atoms with Gasteiger partial charge in [-0.15, -0.1) is 0 Å². The fourth-order valence-electron chi connectivity index (χ4n) is 3.97. The highest BCUT2D eigenvalue weighted by Gasteiger charge is 2.29. The van der Waals surface area contributed by atoms with Gasteiger partial charge in [-0.1, -0.05) is 12.8 Å². The van der Waals surface area contributed by atoms with Crippen molar-refractivity contribution in [3.63, 3.8) is 0 Å². The van der Waals surface area contributed by atoms with Crippen LogP contribution in [0.3, 0.4) is 0 Å². The Hall–Kier alpha value is -1.05. The number of carbonyl (C=O) groups is 1. The second-order valence-electron chi connectivity index (χ2n) is 6.08. The molecule has 2 heteroatoms. The maximum Gasteiger partial charge on any atom is 0.164 e. The molecule has 0 bridgehead atoms. The van der Waals surface area contributed by atoms with Gasteiger partial charge in [0.1, 0.15) is 0 Å². The number of aromatic nitrogens is 1. The fourth-order valence-corrected chi connectivity index (χ4v) is 3.97. The highest BCUT2D eigenvalue weighted by atomic mass is 16.1. The number of rotatable bonds is 2. The molecule has 3 rings (SSSR count). The average Bonchev–Trinajstić information content (AvgIpc) is 2.96. The molecule has 1 atom stereocenters. The summed E-state index contributed by atoms with van der Waals surface area (Å²) in [5.41, 5.74) is 3.63. The Labute approximate surface area is 109 Å². The van der Waals surface area contributed by atoms with Gasteiger partial charge in [-0.05, 0) is 51.5 Å². The Morgan fingerprint density at radius 2 is 1.94 bits per heavy atom. The van der Waals surface area contributed by atoms with Crippen LogP contribution in [-0.2, 0) is 6.42 Å². The molecule has 2 aliphatic rings. The van der Waals surface area contributed by atoms with Crippen LogP contribution in [-0.4, -0.2) is 10.4 Å². The minimum Gasteiger partial charge on any atom is -0.345 e. The third-order valence-electron chi connectivity index (χ3n) is 4.94. The summed E-state index contributed by atoms with van der Waals surface area (Å²) < 4.78 is 2.47. The van der Waals surface area contributed by atoms with Crippen molar-refractivity contribution in [1.82, 2.24) is 4.57 Å². The SMILES string of the molecule is Cc1cc2c(n1C(C)C1CCCC1)CCCC2=O. The molecule has 2 nitrogen and oxygen atoms in total. The normalized spacial score (nSPS) is 22.2. The number of hydrogen-bond acceptors (Lipinski definition) is 1. The molecule has 98 valence electrons. The number of Topliss-reactive ketones (excluding diaryl/α,β-unsaturated/α-hetero) is 1. The van der Waals surface area contributed by atoms with Crippen LogP contribution < -0.4 is 0 Å². The van der Waals surface area contributed by atoms with Crippen LogP contribution in [0.5, 0.6) is 0 Å². The van der Waals surface area contributed by atoms with Crippen molar-refractivity contribution in [1.29, 1.82) is 0 Å². The highest BCUT2D eigenvalue weighted by molar-refractivity contribution is 5.98. The van der Waals surface area contributed by atoms with Gasteiger partial charge in [-0.25, -0.2) is 0 Å². The van der Waals surface area contributed by atoms with Crippen molar-refractivity contribution < 1.29 is 4.79 Å². The summed E-state index contributed by atoms with van der Waals surface area (Å²) in [6, 6.07) is 2.70. The van der Waals surface area contributed by atoms with Crippen LogP contribution in [0, 0.1) is 12.8 Å². The van der Waals surface area contributed by atoms with E-state index in [1.54, 1.807) is 0 Å². The van der Waals surface area contributed by atoms with E-state index >= 15 is 0 Å². The smallest absolute Gasteiger partial charge is 0.164 e. The molecule has 1 saturated carbocycles. The largest absolute Gasteiger partial charge is 0.345 e. The van der Waals surface area contributed by atoms with E-state index in [9.17, 15) is 4.79 Å². The predicted octanol–water partition coefficient (Wildman–Crippen LogP) is 4.07. The third kappa shape index (κ3) is 1.82. The van der Waals surface area contributed by atoms with E-state index in [1.807, 2.05) is 0 Å². The quantitative estimate of drug-likeness (QED) is 0.770. The van der Waals surface area contributed by atoms with E-state index in [2.05, 4.69) is 24.5 Å². The number of nitrogens with zero attached hydrogens (tertiary/aromatic N) is 1. The molecule has 18 heavy (non-hydrogen) atoms. The van der Waals surface area contributed by atoms with E-state index in [-0.39, 0.29) is 0 Å². The van der Waals surface area contributed by atoms with E-state index in [0.717, 1.165) is 30.7 Å². The van der Waals surface area contributed by atoms with E-state index in [1.165, 1.54) is 37.1 Å². The summed E-state index contributed by atoms with van der Waals surface area (Å²) in [6.45, 7) is 4.51. The average molecular weight is 245 g/mol. The number of hydrogen-bond donors (Lipinski definition) is 0. The molecule has 0 spiro atoms. The first kappa shape index (κ1) is 12.0. The first-order valence-electron chi connectivity index (χ1n) is 7.42. The van der Waals surface area contributed by atoms with Gasteiger partial charge >= 0.3 is 0 Å². The fraction of sp³-hybridized carbons (Fsp3) is 0.688. The zero-order valence-corrected chi connectivity index (χ0v) is 11.5. The molecule has 0 N–H and O–H groups in total. The monoisotopic (exact) mass is 245 g/mol. The second kappa shape index (κ2) is 4.56. The van der Waals surface area contributed by atoms with Crippen LogP contribution in [0.2, 0.25) is 0 Å². The summed E-state index contributed by atoms with van der Waals surface area (Å²) in [5, 5.41) is 0. The van der Waals surface area contributed by atoms with Crippen molar-refractivity contribution in [2.24, 2.45) is 5.92 Å². The van der Waals surface area contributed by atoms with E-state index in [0.29, 0.717) is 11.8 Å². The molecule has 1 aromatic rings. The minimum atomic E-state index is 0.358. The maximum atomic E-state index is 12.0. The van der Waals surface area contributed by atoms with Crippen LogP contribution in [0.4, 0.5) is 0 Å². The molecule has 0 radical (unpaired) electrons. The summed E-state index contributed by atoms with van der Waals surface area (Å²) in [4.78, 5) is 12.0. The summed E-state index contributed by atoms with van der Waals surface area (Å²) in [6.07, 6.45) is 8.36. The molecule has 2 aliphatic carbocycles. The molecule has 0 aliphatic heterocycles. The highest BCUT2D eigenvalue weighted by Crippen LogP contribution is 2.37. The zero-order chi connectivity index (χ0) is 12.7. The van der Waals surface area contributed by atoms with Crippen LogP contribution >= 0.6 is 0 Å². The Balaban J connectivity index is 1.98. The minimum absolute atomic E-state index is 0.358. The van der Waals surface area contributed by atoms with Gasteiger partial charge in [0.05, 0.1) is 0 Å². The number of ketones is 1. The topological polar surface area (TPSA) is 22.0 Å². The standard InChI is InChI=1S/C16H23NO/c1-11-10-14-15(8-5-9-16(14)18)17(11)12(2)13-6-3-4-7-13/h10,12-13H,3-9H2,1-2H3. The third-order valence-corrected chi connectivity index (χ3v) is 4.94. The molecular weight excluding hydrogens is 222 g/mol. The lowest BCUT2D eigenvalue weighted by Crippen LogP contribution is -2.20. The van der Waals surface area contributed by atoms with Gasteiger partial charge in [0, 0.05) is 29.4 Å². The van der Waals surface area contributed by atoms with Gasteiger partial charge in [0.15, 0.2) is 5.78 Å². The molecule has 1 heterocycles. The lowest BCUT2D eigenvalue weighted by molar-refractivity contribution is 0.0971. The molecule has 0 amide bonds. The lowest BCUT2D eigenvalue weighted by atomic mass is 9.95. The van der Waals surface area contributed by atoms with Crippen LogP contribution in [0.1, 0.15) is 73.2 Å². The van der Waals surface area contributed by atoms with Gasteiger partial charge < -0.3 is 4.57 Å². The summed E-state index contributed by atoms with van der Waals surface area (Å²) >= 11 is 0. The first-order chi connectivity index (χ1) is 8.68. The van der Waals surface area contributed by atoms with Crippen LogP contribution in [0.25, 0.3) is 0 Å². The van der Waals surface area contributed by atoms with E-state index < -0.39 is 0 Å². The summed E-state index contributed by atoms with van der Waals surface area (Å²) in [5.74, 6) is 1.17. The Kier molecular flexibility index (Phi) is 3.04. The van der Waals surface area contributed by atoms with Crippen molar-refractivity contribution in [3.8, 4) is 0 Å². The van der Waals surface area contributed by atoms with Gasteiger partial charge in [-0.3, -0.25) is 4.79 Å². The second-order valence-corrected chi connectivity index (χ2v) is 6.08. The van der Waals surface area contributed by atoms with Gasteiger partial charge in [-0.2, -0.15) is 0 Å². The maximum absolute atomic E-state index is 12.0. The van der Waals surface area contributed by atoms with Gasteiger partial charge in [0.2, 0.25) is 0 Å². The molecule has 1 unspecified atom stereocenters. The van der Waals surface area contributed by atoms with Gasteiger partial charge in [0.25, 0.3) is 0 Å². The van der Waals surface area contributed by atoms with Crippen molar-refractivity contribution in [3.05, 3.63) is 23.0 Å². The van der Waals surface area contributed by atoms with Crippen LogP contribution in [0.15, 0.2) is 6.07 Å². The molecule has 0 aromatic carbocycles. The van der Waals surface area contributed by atoms with Crippen molar-refractivity contribution >= 4 is 5.78 Å². The first-order valence-corrected chi connectivity index (χ1v) is 7.42. The summed E-state index contributed by atoms with van der Waals surface area (Å²) in [7, 11) is 0.